The Bertz CT molecular complexity index is 728. The summed E-state index contributed by atoms with van der Waals surface area (Å²) in [6.07, 6.45) is 2.23. The molecular formula is C17H20N4O3. The van der Waals surface area contributed by atoms with Crippen LogP contribution in [0.15, 0.2) is 36.7 Å². The normalized spacial score (nSPS) is 17.0. The van der Waals surface area contributed by atoms with Crippen molar-refractivity contribution < 1.29 is 14.7 Å². The summed E-state index contributed by atoms with van der Waals surface area (Å²) in [6, 6.07) is 10.2. The lowest BCUT2D eigenvalue weighted by molar-refractivity contribution is 0.0672. The molecule has 1 aromatic carbocycles. The Morgan fingerprint density at radius 2 is 2.12 bits per heavy atom. The van der Waals surface area contributed by atoms with Crippen LogP contribution in [0.2, 0.25) is 0 Å². The first-order chi connectivity index (χ1) is 11.6. The molecule has 0 radical (unpaired) electrons. The predicted molar refractivity (Wildman–Crippen MR) is 89.3 cm³/mol. The standard InChI is InChI=1S/C17H20N4O3/c1-20(16(22)14-15(17(23)24)19-11-18-14)9-12-7-8-21(10-12)13-5-3-2-4-6-13/h2-6,11-12H,7-10H2,1H3,(H,18,19)(H,23,24). The molecule has 0 bridgehead atoms. The van der Waals surface area contributed by atoms with E-state index in [4.69, 9.17) is 5.11 Å². The fourth-order valence-electron chi connectivity index (χ4n) is 3.13. The van der Waals surface area contributed by atoms with Gasteiger partial charge in [0.05, 0.1) is 6.33 Å². The molecule has 24 heavy (non-hydrogen) atoms. The van der Waals surface area contributed by atoms with Crippen LogP contribution in [0.25, 0.3) is 0 Å². The summed E-state index contributed by atoms with van der Waals surface area (Å²) in [7, 11) is 1.69. The first-order valence-corrected chi connectivity index (χ1v) is 7.88. The Kier molecular flexibility index (Phi) is 4.50. The molecule has 1 atom stereocenters. The molecule has 1 unspecified atom stereocenters. The van der Waals surface area contributed by atoms with E-state index in [0.29, 0.717) is 12.5 Å². The summed E-state index contributed by atoms with van der Waals surface area (Å²) < 4.78 is 0. The third-order valence-corrected chi connectivity index (χ3v) is 4.34. The molecule has 1 aromatic heterocycles. The lowest BCUT2D eigenvalue weighted by Crippen LogP contribution is -2.34. The van der Waals surface area contributed by atoms with Gasteiger partial charge in [0, 0.05) is 32.4 Å². The molecule has 2 aromatic rings. The van der Waals surface area contributed by atoms with Crippen LogP contribution in [0.1, 0.15) is 27.4 Å². The third kappa shape index (κ3) is 3.24. The molecule has 7 nitrogen and oxygen atoms in total. The monoisotopic (exact) mass is 328 g/mol. The van der Waals surface area contributed by atoms with E-state index in [0.717, 1.165) is 19.5 Å². The van der Waals surface area contributed by atoms with Crippen LogP contribution in [-0.2, 0) is 0 Å². The van der Waals surface area contributed by atoms with E-state index in [1.165, 1.54) is 12.0 Å². The van der Waals surface area contributed by atoms with Gasteiger partial charge in [0.15, 0.2) is 11.4 Å². The minimum atomic E-state index is -1.18. The molecule has 7 heteroatoms. The molecule has 0 saturated carbocycles. The van der Waals surface area contributed by atoms with Crippen LogP contribution in [0.4, 0.5) is 5.69 Å². The number of nitrogens with zero attached hydrogens (tertiary/aromatic N) is 3. The van der Waals surface area contributed by atoms with Crippen molar-refractivity contribution in [1.82, 2.24) is 14.9 Å². The summed E-state index contributed by atoms with van der Waals surface area (Å²) in [5, 5.41) is 9.08. The maximum atomic E-state index is 12.4. The summed E-state index contributed by atoms with van der Waals surface area (Å²) in [5.74, 6) is -1.20. The number of H-pyrrole nitrogens is 1. The number of amides is 1. The summed E-state index contributed by atoms with van der Waals surface area (Å²) in [5.41, 5.74) is 0.988. The number of anilines is 1. The number of nitrogens with one attached hydrogen (secondary N) is 1. The summed E-state index contributed by atoms with van der Waals surface area (Å²) in [4.78, 5) is 33.8. The van der Waals surface area contributed by atoms with E-state index in [-0.39, 0.29) is 17.3 Å². The van der Waals surface area contributed by atoms with Gasteiger partial charge in [0.25, 0.3) is 5.91 Å². The largest absolute Gasteiger partial charge is 0.477 e. The zero-order valence-corrected chi connectivity index (χ0v) is 13.5. The first-order valence-electron chi connectivity index (χ1n) is 7.88. The van der Waals surface area contributed by atoms with Crippen LogP contribution in [0.5, 0.6) is 0 Å². The van der Waals surface area contributed by atoms with Gasteiger partial charge in [-0.25, -0.2) is 9.78 Å². The Hall–Kier alpha value is -2.83. The summed E-state index contributed by atoms with van der Waals surface area (Å²) in [6.45, 7) is 2.42. The molecule has 0 aliphatic carbocycles. The smallest absolute Gasteiger partial charge is 0.354 e. The SMILES string of the molecule is CN(CC1CCN(c2ccccc2)C1)C(=O)c1nc[nH]c1C(=O)O. The number of imidazole rings is 1. The molecule has 1 aliphatic heterocycles. The number of rotatable bonds is 5. The van der Waals surface area contributed by atoms with E-state index in [9.17, 15) is 9.59 Å². The predicted octanol–water partition coefficient (Wildman–Crippen LogP) is 1.71. The molecule has 2 heterocycles. The Morgan fingerprint density at radius 3 is 2.83 bits per heavy atom. The topological polar surface area (TPSA) is 89.5 Å². The van der Waals surface area contributed by atoms with E-state index in [1.807, 2.05) is 18.2 Å². The minimum absolute atomic E-state index is 0.0390. The van der Waals surface area contributed by atoms with E-state index >= 15 is 0 Å². The molecule has 1 fully saturated rings. The Labute approximate surface area is 139 Å². The Balaban J connectivity index is 1.61. The van der Waals surface area contributed by atoms with Gasteiger partial charge in [-0.15, -0.1) is 0 Å². The minimum Gasteiger partial charge on any atom is -0.477 e. The second-order valence-electron chi connectivity index (χ2n) is 6.05. The molecule has 1 aliphatic rings. The molecule has 126 valence electrons. The van der Waals surface area contributed by atoms with Gasteiger partial charge in [0.2, 0.25) is 0 Å². The molecule has 0 spiro atoms. The lowest BCUT2D eigenvalue weighted by atomic mass is 10.1. The number of benzene rings is 1. The zero-order chi connectivity index (χ0) is 17.1. The van der Waals surface area contributed by atoms with Crippen molar-refractivity contribution >= 4 is 17.6 Å². The molecule has 3 rings (SSSR count). The number of aromatic carboxylic acids is 1. The maximum absolute atomic E-state index is 12.4. The number of carboxylic acids is 1. The van der Waals surface area contributed by atoms with Crippen LogP contribution in [0.3, 0.4) is 0 Å². The highest BCUT2D eigenvalue weighted by Crippen LogP contribution is 2.24. The second-order valence-corrected chi connectivity index (χ2v) is 6.05. The van der Waals surface area contributed by atoms with E-state index in [2.05, 4.69) is 27.0 Å². The number of para-hydroxylation sites is 1. The van der Waals surface area contributed by atoms with Gasteiger partial charge < -0.3 is 19.9 Å². The van der Waals surface area contributed by atoms with Crippen molar-refractivity contribution in [1.29, 1.82) is 0 Å². The van der Waals surface area contributed by atoms with Crippen molar-refractivity contribution in [3.8, 4) is 0 Å². The maximum Gasteiger partial charge on any atom is 0.354 e. The highest BCUT2D eigenvalue weighted by atomic mass is 16.4. The average Bonchev–Trinajstić information content (AvgIpc) is 3.24. The van der Waals surface area contributed by atoms with Crippen molar-refractivity contribution in [2.45, 2.75) is 6.42 Å². The highest BCUT2D eigenvalue weighted by molar-refractivity contribution is 6.02. The Morgan fingerprint density at radius 1 is 1.38 bits per heavy atom. The number of hydrogen-bond acceptors (Lipinski definition) is 4. The van der Waals surface area contributed by atoms with Gasteiger partial charge in [-0.2, -0.15) is 0 Å². The molecule has 1 saturated heterocycles. The number of carbonyl (C=O) groups excluding carboxylic acids is 1. The van der Waals surface area contributed by atoms with Gasteiger partial charge in [-0.1, -0.05) is 18.2 Å². The van der Waals surface area contributed by atoms with Crippen LogP contribution in [0, 0.1) is 5.92 Å². The van der Waals surface area contributed by atoms with Crippen molar-refractivity contribution in [2.75, 3.05) is 31.6 Å². The van der Waals surface area contributed by atoms with Crippen molar-refractivity contribution in [3.63, 3.8) is 0 Å². The second kappa shape index (κ2) is 6.74. The van der Waals surface area contributed by atoms with Gasteiger partial charge in [-0.05, 0) is 24.5 Å². The number of hydrogen-bond donors (Lipinski definition) is 2. The zero-order valence-electron chi connectivity index (χ0n) is 13.5. The van der Waals surface area contributed by atoms with Crippen LogP contribution >= 0.6 is 0 Å². The average molecular weight is 328 g/mol. The summed E-state index contributed by atoms with van der Waals surface area (Å²) >= 11 is 0. The molecular weight excluding hydrogens is 308 g/mol. The number of carbonyl (C=O) groups is 2. The number of aromatic amines is 1. The third-order valence-electron chi connectivity index (χ3n) is 4.34. The number of aromatic nitrogens is 2. The first kappa shape index (κ1) is 16.0. The van der Waals surface area contributed by atoms with Crippen LogP contribution < -0.4 is 4.90 Å². The van der Waals surface area contributed by atoms with E-state index < -0.39 is 5.97 Å². The molecule has 2 N–H and O–H groups in total. The molecule has 1 amide bonds. The van der Waals surface area contributed by atoms with Gasteiger partial charge >= 0.3 is 5.97 Å². The lowest BCUT2D eigenvalue weighted by Gasteiger charge is -2.22. The quantitative estimate of drug-likeness (QED) is 0.872. The van der Waals surface area contributed by atoms with Crippen LogP contribution in [-0.4, -0.2) is 58.5 Å². The van der Waals surface area contributed by atoms with Gasteiger partial charge in [0.1, 0.15) is 0 Å². The fourth-order valence-corrected chi connectivity index (χ4v) is 3.13. The highest BCUT2D eigenvalue weighted by Gasteiger charge is 2.28. The van der Waals surface area contributed by atoms with Gasteiger partial charge in [-0.3, -0.25) is 4.79 Å². The number of carboxylic acid groups (broad SMARTS) is 1. The van der Waals surface area contributed by atoms with Crippen molar-refractivity contribution in [2.24, 2.45) is 5.92 Å². The van der Waals surface area contributed by atoms with E-state index in [1.54, 1.807) is 11.9 Å². The van der Waals surface area contributed by atoms with Crippen molar-refractivity contribution in [3.05, 3.63) is 48.0 Å². The fraction of sp³-hybridized carbons (Fsp3) is 0.353.